The molecule has 4 nitrogen and oxygen atoms in total. The first-order valence-corrected chi connectivity index (χ1v) is 15.1. The van der Waals surface area contributed by atoms with E-state index in [4.69, 9.17) is 15.0 Å². The van der Waals surface area contributed by atoms with E-state index in [0.29, 0.717) is 17.5 Å². The molecule has 0 radical (unpaired) electrons. The van der Waals surface area contributed by atoms with Crippen molar-refractivity contribution in [2.75, 3.05) is 0 Å². The van der Waals surface area contributed by atoms with Crippen molar-refractivity contribution in [3.63, 3.8) is 0 Å². The molecule has 7 aromatic carbocycles. The number of hydrogen-bond acceptors (Lipinski definition) is 3. The highest BCUT2D eigenvalue weighted by molar-refractivity contribution is 6.11. The van der Waals surface area contributed by atoms with Crippen LogP contribution >= 0.6 is 0 Å². The Morgan fingerprint density at radius 1 is 0.356 bits per heavy atom. The molecule has 2 heterocycles. The van der Waals surface area contributed by atoms with Crippen molar-refractivity contribution < 1.29 is 0 Å². The van der Waals surface area contributed by atoms with Gasteiger partial charge in [0, 0.05) is 32.8 Å². The lowest BCUT2D eigenvalue weighted by atomic mass is 10.0. The molecule has 0 bridgehead atoms. The van der Waals surface area contributed by atoms with Crippen LogP contribution in [0.2, 0.25) is 0 Å². The van der Waals surface area contributed by atoms with Crippen LogP contribution in [0, 0.1) is 0 Å². The van der Waals surface area contributed by atoms with Crippen molar-refractivity contribution in [3.05, 3.63) is 158 Å². The normalized spacial score (nSPS) is 11.6. The fraction of sp³-hybridized carbons (Fsp3) is 0. The van der Waals surface area contributed by atoms with Crippen molar-refractivity contribution >= 4 is 43.4 Å². The van der Waals surface area contributed by atoms with Crippen LogP contribution in [0.5, 0.6) is 0 Å². The van der Waals surface area contributed by atoms with Gasteiger partial charge in [0.2, 0.25) is 0 Å². The average molecular weight is 575 g/mol. The van der Waals surface area contributed by atoms with Crippen LogP contribution in [0.3, 0.4) is 0 Å². The zero-order valence-corrected chi connectivity index (χ0v) is 24.3. The molecule has 0 aliphatic rings. The standard InChI is InChI=1S/C41H26N4/c1-2-14-28(15-3-1)39-42-40(44-41(43-39)35-22-12-17-27-13-4-6-18-31(27)35)30-25-29-16-5-7-19-32(29)38(26-30)45-36-23-10-8-20-33(36)34-21-9-11-24-37(34)45/h1-26H. The second kappa shape index (κ2) is 10.2. The Kier molecular flexibility index (Phi) is 5.78. The summed E-state index contributed by atoms with van der Waals surface area (Å²) < 4.78 is 2.38. The number of nitrogens with zero attached hydrogens (tertiary/aromatic N) is 4. The molecule has 0 fully saturated rings. The average Bonchev–Trinajstić information content (AvgIpc) is 3.45. The molecule has 0 aliphatic heterocycles. The van der Waals surface area contributed by atoms with Crippen LogP contribution in [0.4, 0.5) is 0 Å². The fourth-order valence-electron chi connectivity index (χ4n) is 6.55. The molecule has 45 heavy (non-hydrogen) atoms. The van der Waals surface area contributed by atoms with Gasteiger partial charge in [-0.05, 0) is 40.4 Å². The molecule has 0 atom stereocenters. The Hall–Kier alpha value is -6.13. The van der Waals surface area contributed by atoms with Crippen molar-refractivity contribution in [3.8, 4) is 39.9 Å². The summed E-state index contributed by atoms with van der Waals surface area (Å²) in [7, 11) is 0. The molecule has 210 valence electrons. The molecule has 9 rings (SSSR count). The van der Waals surface area contributed by atoms with E-state index in [2.05, 4.69) is 144 Å². The lowest BCUT2D eigenvalue weighted by molar-refractivity contribution is 1.07. The van der Waals surface area contributed by atoms with Gasteiger partial charge in [0.1, 0.15) is 0 Å². The smallest absolute Gasteiger partial charge is 0.164 e. The number of rotatable bonds is 4. The predicted molar refractivity (Wildman–Crippen MR) is 185 cm³/mol. The van der Waals surface area contributed by atoms with E-state index >= 15 is 0 Å². The number of benzene rings is 7. The highest BCUT2D eigenvalue weighted by atomic mass is 15.0. The van der Waals surface area contributed by atoms with E-state index < -0.39 is 0 Å². The molecule has 9 aromatic rings. The summed E-state index contributed by atoms with van der Waals surface area (Å²) in [5.74, 6) is 1.94. The third kappa shape index (κ3) is 4.19. The first kappa shape index (κ1) is 25.4. The highest BCUT2D eigenvalue weighted by Crippen LogP contribution is 2.37. The predicted octanol–water partition coefficient (Wildman–Crippen LogP) is 10.3. The summed E-state index contributed by atoms with van der Waals surface area (Å²) in [6.07, 6.45) is 0. The molecule has 0 amide bonds. The third-order valence-corrected chi connectivity index (χ3v) is 8.62. The summed E-state index contributed by atoms with van der Waals surface area (Å²) in [6, 6.07) is 55.1. The molecular weight excluding hydrogens is 548 g/mol. The van der Waals surface area contributed by atoms with Gasteiger partial charge >= 0.3 is 0 Å². The van der Waals surface area contributed by atoms with Gasteiger partial charge in [-0.2, -0.15) is 0 Å². The highest BCUT2D eigenvalue weighted by Gasteiger charge is 2.18. The van der Waals surface area contributed by atoms with Crippen LogP contribution in [0.1, 0.15) is 0 Å². The largest absolute Gasteiger partial charge is 0.309 e. The SMILES string of the molecule is c1ccc(-c2nc(-c3cc(-n4c5ccccc5c5ccccc54)c4ccccc4c3)nc(-c3cccc4ccccc34)n2)cc1. The first-order chi connectivity index (χ1) is 22.3. The molecule has 2 aromatic heterocycles. The monoisotopic (exact) mass is 574 g/mol. The second-order valence-corrected chi connectivity index (χ2v) is 11.3. The van der Waals surface area contributed by atoms with E-state index in [0.717, 1.165) is 49.6 Å². The van der Waals surface area contributed by atoms with Crippen LogP contribution < -0.4 is 0 Å². The van der Waals surface area contributed by atoms with Crippen LogP contribution in [-0.4, -0.2) is 19.5 Å². The van der Waals surface area contributed by atoms with Gasteiger partial charge in [0.25, 0.3) is 0 Å². The summed E-state index contributed by atoms with van der Waals surface area (Å²) in [6.45, 7) is 0. The minimum Gasteiger partial charge on any atom is -0.309 e. The number of hydrogen-bond donors (Lipinski definition) is 0. The Bertz CT molecular complexity index is 2490. The van der Waals surface area contributed by atoms with Gasteiger partial charge in [0.15, 0.2) is 17.5 Å². The summed E-state index contributed by atoms with van der Waals surface area (Å²) in [5.41, 5.74) is 6.29. The molecular formula is C41H26N4. The van der Waals surface area contributed by atoms with Crippen molar-refractivity contribution in [2.45, 2.75) is 0 Å². The minimum atomic E-state index is 0.638. The molecule has 0 saturated heterocycles. The zero-order chi connectivity index (χ0) is 29.7. The summed E-state index contributed by atoms with van der Waals surface area (Å²) in [5, 5.41) is 7.01. The minimum absolute atomic E-state index is 0.638. The van der Waals surface area contributed by atoms with Gasteiger partial charge in [-0.25, -0.2) is 15.0 Å². The van der Waals surface area contributed by atoms with E-state index in [1.54, 1.807) is 0 Å². The number of aromatic nitrogens is 4. The maximum absolute atomic E-state index is 5.17. The number of fused-ring (bicyclic) bond motifs is 5. The molecule has 0 spiro atoms. The van der Waals surface area contributed by atoms with Crippen molar-refractivity contribution in [2.24, 2.45) is 0 Å². The van der Waals surface area contributed by atoms with E-state index in [1.165, 1.54) is 16.2 Å². The molecule has 4 heteroatoms. The number of para-hydroxylation sites is 2. The maximum atomic E-state index is 5.17. The van der Waals surface area contributed by atoms with Gasteiger partial charge in [-0.15, -0.1) is 0 Å². The maximum Gasteiger partial charge on any atom is 0.164 e. The molecule has 0 aliphatic carbocycles. The second-order valence-electron chi connectivity index (χ2n) is 11.3. The summed E-state index contributed by atoms with van der Waals surface area (Å²) >= 11 is 0. The van der Waals surface area contributed by atoms with Crippen LogP contribution in [0.15, 0.2) is 158 Å². The molecule has 0 saturated carbocycles. The first-order valence-electron chi connectivity index (χ1n) is 15.1. The van der Waals surface area contributed by atoms with Gasteiger partial charge in [0.05, 0.1) is 16.7 Å². The topological polar surface area (TPSA) is 43.6 Å². The van der Waals surface area contributed by atoms with Crippen molar-refractivity contribution in [1.29, 1.82) is 0 Å². The van der Waals surface area contributed by atoms with Crippen molar-refractivity contribution in [1.82, 2.24) is 19.5 Å². The van der Waals surface area contributed by atoms with E-state index in [1.807, 2.05) is 18.2 Å². The quantitative estimate of drug-likeness (QED) is 0.210. The molecule has 0 unspecified atom stereocenters. The molecule has 0 N–H and O–H groups in total. The zero-order valence-electron chi connectivity index (χ0n) is 24.3. The van der Waals surface area contributed by atoms with Crippen LogP contribution in [0.25, 0.3) is 83.2 Å². The van der Waals surface area contributed by atoms with Gasteiger partial charge in [-0.3, -0.25) is 0 Å². The lowest BCUT2D eigenvalue weighted by Gasteiger charge is -2.15. The van der Waals surface area contributed by atoms with Gasteiger partial charge in [-0.1, -0.05) is 133 Å². The third-order valence-electron chi connectivity index (χ3n) is 8.62. The van der Waals surface area contributed by atoms with Gasteiger partial charge < -0.3 is 4.57 Å². The Balaban J connectivity index is 1.35. The Morgan fingerprint density at radius 2 is 0.889 bits per heavy atom. The van der Waals surface area contributed by atoms with E-state index in [-0.39, 0.29) is 0 Å². The summed E-state index contributed by atoms with van der Waals surface area (Å²) in [4.78, 5) is 15.3. The Morgan fingerprint density at radius 3 is 1.62 bits per heavy atom. The van der Waals surface area contributed by atoms with Crippen LogP contribution in [-0.2, 0) is 0 Å². The fourth-order valence-corrected chi connectivity index (χ4v) is 6.55. The lowest BCUT2D eigenvalue weighted by Crippen LogP contribution is -2.02. The van der Waals surface area contributed by atoms with E-state index in [9.17, 15) is 0 Å². The Labute approximate surface area is 259 Å².